The van der Waals surface area contributed by atoms with E-state index in [1.54, 1.807) is 44.2 Å². The highest BCUT2D eigenvalue weighted by molar-refractivity contribution is 7.96. The molecule has 2 aromatic rings. The van der Waals surface area contributed by atoms with E-state index in [2.05, 4.69) is 21.3 Å². The number of carbonyl (C=O) groups is 6. The van der Waals surface area contributed by atoms with Crippen LogP contribution < -0.4 is 21.3 Å². The number of ether oxygens (including phenoxy) is 2. The minimum atomic E-state index is -3.83. The molecular formula is C36H45ClN4O10S. The lowest BCUT2D eigenvalue weighted by Gasteiger charge is -2.30. The number of carbonyl (C=O) groups excluding carboxylic acids is 6. The highest BCUT2D eigenvalue weighted by Crippen LogP contribution is 2.29. The van der Waals surface area contributed by atoms with Gasteiger partial charge in [-0.05, 0) is 54.4 Å². The first-order valence-corrected chi connectivity index (χ1v) is 18.8. The predicted octanol–water partition coefficient (Wildman–Crippen LogP) is 2.47. The number of hydrogen-bond acceptors (Lipinski definition) is 10. The topological polar surface area (TPSA) is 203 Å². The number of halogens is 1. The molecule has 0 bridgehead atoms. The summed E-state index contributed by atoms with van der Waals surface area (Å²) in [6.45, 7) is 4.49. The molecule has 0 aliphatic heterocycles. The number of alkyl carbamates (subject to hydrolysis) is 1. The molecule has 14 nitrogen and oxygen atoms in total. The quantitative estimate of drug-likeness (QED) is 0.174. The van der Waals surface area contributed by atoms with Crippen LogP contribution >= 0.6 is 11.6 Å². The zero-order chi connectivity index (χ0) is 38.6. The van der Waals surface area contributed by atoms with Crippen LogP contribution in [0.3, 0.4) is 0 Å². The normalized spacial score (nSPS) is 15.3. The molecule has 4 N–H and O–H groups in total. The number of rotatable bonds is 17. The van der Waals surface area contributed by atoms with E-state index in [4.69, 9.17) is 21.1 Å². The van der Waals surface area contributed by atoms with Crippen LogP contribution in [-0.4, -0.2) is 81.5 Å². The van der Waals surface area contributed by atoms with E-state index in [1.807, 2.05) is 24.3 Å². The number of fused-ring (bicyclic) bond motifs is 1. The Morgan fingerprint density at radius 3 is 1.98 bits per heavy atom. The molecule has 0 fully saturated rings. The van der Waals surface area contributed by atoms with Crippen molar-refractivity contribution in [3.8, 4) is 0 Å². The van der Waals surface area contributed by atoms with Crippen LogP contribution in [0.25, 0.3) is 0 Å². The molecule has 52 heavy (non-hydrogen) atoms. The summed E-state index contributed by atoms with van der Waals surface area (Å²) in [5.74, 6) is -4.48. The Kier molecular flexibility index (Phi) is 15.4. The van der Waals surface area contributed by atoms with Gasteiger partial charge in [0.15, 0.2) is 9.84 Å². The van der Waals surface area contributed by atoms with Crippen molar-refractivity contribution in [1.29, 1.82) is 0 Å². The Morgan fingerprint density at radius 1 is 0.846 bits per heavy atom. The molecule has 0 spiro atoms. The van der Waals surface area contributed by atoms with E-state index >= 15 is 0 Å². The van der Waals surface area contributed by atoms with Gasteiger partial charge in [0.05, 0.1) is 19.6 Å². The summed E-state index contributed by atoms with van der Waals surface area (Å²) in [7, 11) is -2.70. The minimum Gasteiger partial charge on any atom is -0.469 e. The first-order valence-electron chi connectivity index (χ1n) is 16.6. The molecule has 282 valence electrons. The second-order valence-electron chi connectivity index (χ2n) is 13.0. The molecule has 1 aliphatic carbocycles. The van der Waals surface area contributed by atoms with Crippen LogP contribution in [-0.2, 0) is 62.7 Å². The van der Waals surface area contributed by atoms with E-state index in [1.165, 1.54) is 6.92 Å². The first-order chi connectivity index (χ1) is 24.5. The molecule has 16 heteroatoms. The summed E-state index contributed by atoms with van der Waals surface area (Å²) in [4.78, 5) is 78.5. The summed E-state index contributed by atoms with van der Waals surface area (Å²) < 4.78 is 33.3. The number of methoxy groups -OCH3 is 1. The van der Waals surface area contributed by atoms with Crippen molar-refractivity contribution in [3.63, 3.8) is 0 Å². The van der Waals surface area contributed by atoms with E-state index in [0.717, 1.165) is 30.6 Å². The van der Waals surface area contributed by atoms with E-state index < -0.39 is 86.4 Å². The number of sulfone groups is 1. The van der Waals surface area contributed by atoms with Gasteiger partial charge < -0.3 is 30.7 Å². The van der Waals surface area contributed by atoms with E-state index in [9.17, 15) is 37.2 Å². The maximum absolute atomic E-state index is 14.1. The fraction of sp³-hybridized carbons (Fsp3) is 0.444. The van der Waals surface area contributed by atoms with Crippen molar-refractivity contribution in [2.75, 3.05) is 13.4 Å². The zero-order valence-corrected chi connectivity index (χ0v) is 31.2. The minimum absolute atomic E-state index is 0.104. The number of esters is 1. The van der Waals surface area contributed by atoms with Gasteiger partial charge >= 0.3 is 12.1 Å². The first kappa shape index (κ1) is 41.7. The fourth-order valence-electron chi connectivity index (χ4n) is 5.64. The Hall–Kier alpha value is -4.76. The van der Waals surface area contributed by atoms with Gasteiger partial charge in [0.2, 0.25) is 17.7 Å². The second-order valence-corrected chi connectivity index (χ2v) is 15.6. The Labute approximate surface area is 308 Å². The third-order valence-electron chi connectivity index (χ3n) is 8.32. The number of ketones is 1. The third-order valence-corrected chi connectivity index (χ3v) is 10.1. The molecule has 0 saturated heterocycles. The van der Waals surface area contributed by atoms with Gasteiger partial charge in [-0.15, -0.1) is 0 Å². The molecular weight excluding hydrogens is 716 g/mol. The van der Waals surface area contributed by atoms with Crippen molar-refractivity contribution < 1.29 is 46.7 Å². The van der Waals surface area contributed by atoms with Crippen LogP contribution in [0.15, 0.2) is 65.0 Å². The molecule has 1 aliphatic rings. The average Bonchev–Trinajstić information content (AvgIpc) is 3.51. The summed E-state index contributed by atoms with van der Waals surface area (Å²) >= 11 is 5.93. The highest BCUT2D eigenvalue weighted by atomic mass is 35.5. The van der Waals surface area contributed by atoms with Crippen LogP contribution in [0, 0.1) is 11.8 Å². The number of hydrogen-bond donors (Lipinski definition) is 4. The van der Waals surface area contributed by atoms with E-state index in [0.29, 0.717) is 18.4 Å². The van der Waals surface area contributed by atoms with Crippen LogP contribution in [0.4, 0.5) is 4.79 Å². The van der Waals surface area contributed by atoms with Gasteiger partial charge in [0.1, 0.15) is 34.9 Å². The molecule has 0 aromatic heterocycles. The summed E-state index contributed by atoms with van der Waals surface area (Å²) in [6, 6.07) is 11.3. The number of nitrogens with one attached hydrogen (secondary N) is 4. The van der Waals surface area contributed by atoms with Gasteiger partial charge in [-0.2, -0.15) is 0 Å². The van der Waals surface area contributed by atoms with Gasteiger partial charge in [-0.3, -0.25) is 24.0 Å². The predicted molar refractivity (Wildman–Crippen MR) is 192 cm³/mol. The summed E-state index contributed by atoms with van der Waals surface area (Å²) in [5.41, 5.74) is 2.62. The average molecular weight is 761 g/mol. The molecule has 0 heterocycles. The Morgan fingerprint density at radius 2 is 1.44 bits per heavy atom. The third kappa shape index (κ3) is 12.8. The maximum Gasteiger partial charge on any atom is 0.408 e. The van der Waals surface area contributed by atoms with Gasteiger partial charge in [-0.25, -0.2) is 13.2 Å². The zero-order valence-electron chi connectivity index (χ0n) is 29.6. The monoisotopic (exact) mass is 760 g/mol. The molecule has 4 atom stereocenters. The number of Topliss-reactive ketones (excluding diaryl/α,β-unsaturated/α-hetero) is 1. The largest absolute Gasteiger partial charge is 0.469 e. The molecule has 4 amide bonds. The van der Waals surface area contributed by atoms with Crippen LogP contribution in [0.2, 0.25) is 0 Å². The lowest BCUT2D eigenvalue weighted by atomic mass is 9.93. The van der Waals surface area contributed by atoms with Crippen molar-refractivity contribution >= 4 is 57.0 Å². The molecule has 0 radical (unpaired) electrons. The van der Waals surface area contributed by atoms with Gasteiger partial charge in [0, 0.05) is 12.7 Å². The van der Waals surface area contributed by atoms with E-state index in [-0.39, 0.29) is 18.8 Å². The van der Waals surface area contributed by atoms with Crippen LogP contribution in [0.1, 0.15) is 50.3 Å². The van der Waals surface area contributed by atoms with Gasteiger partial charge in [-0.1, -0.05) is 80.0 Å². The molecule has 2 aromatic carbocycles. The molecule has 4 unspecified atom stereocenters. The lowest BCUT2D eigenvalue weighted by molar-refractivity contribution is -0.143. The maximum atomic E-state index is 14.1. The molecule has 3 rings (SSSR count). The Balaban J connectivity index is 1.86. The smallest absolute Gasteiger partial charge is 0.408 e. The summed E-state index contributed by atoms with van der Waals surface area (Å²) in [5, 5.41) is 10.4. The van der Waals surface area contributed by atoms with Gasteiger partial charge in [0.25, 0.3) is 0 Å². The Bertz CT molecular complexity index is 1740. The fourth-order valence-corrected chi connectivity index (χ4v) is 6.20. The van der Waals surface area contributed by atoms with Crippen LogP contribution in [0.5, 0.6) is 0 Å². The van der Waals surface area contributed by atoms with Crippen molar-refractivity contribution in [2.24, 2.45) is 11.8 Å². The molecule has 0 saturated carbocycles. The SMILES string of the molecule is COC(=O)CC(NC(=O)OCc1ccccc1)C(=O)NC(C(=O)NC(C(=O)NC(C=C(Cl)S(C)(=O)=O)CC(C)=O)C(C)C)C1Cc2ccccc2C1. The lowest BCUT2D eigenvalue weighted by Crippen LogP contribution is -2.60. The highest BCUT2D eigenvalue weighted by Gasteiger charge is 2.39. The second kappa shape index (κ2) is 19.2. The summed E-state index contributed by atoms with van der Waals surface area (Å²) in [6.07, 6.45) is 0.909. The standard InChI is InChI=1S/C36H45ClN4O10S/c1-21(2)31(34(45)38-27(15-22(3)42)18-29(37)52(5,48)49)40-35(46)32(26-16-24-13-9-10-14-25(24)17-26)41-33(44)28(19-30(43)50-4)39-36(47)51-20-23-11-7-6-8-12-23/h6-14,18,21,26-28,31-32H,15-17,19-20H2,1-5H3,(H,38,45)(H,39,47)(H,40,46)(H,41,44). The van der Waals surface area contributed by atoms with Crippen molar-refractivity contribution in [1.82, 2.24) is 21.3 Å². The number of amides is 4. The van der Waals surface area contributed by atoms with Crippen molar-refractivity contribution in [2.45, 2.75) is 77.2 Å². The van der Waals surface area contributed by atoms with Crippen molar-refractivity contribution in [3.05, 3.63) is 81.7 Å². The number of benzene rings is 2.